The van der Waals surface area contributed by atoms with Crippen molar-refractivity contribution in [3.63, 3.8) is 0 Å². The van der Waals surface area contributed by atoms with Crippen LogP contribution >= 0.6 is 0 Å². The Hall–Kier alpha value is -2.93. The number of quaternary nitrogens is 1. The molecule has 1 aromatic carbocycles. The van der Waals surface area contributed by atoms with Gasteiger partial charge in [-0.2, -0.15) is 0 Å². The Kier molecular flexibility index (Phi) is 4.77. The fraction of sp³-hybridized carbons (Fsp3) is 0.350. The largest absolute Gasteiger partial charge is 0.466 e. The highest BCUT2D eigenvalue weighted by Gasteiger charge is 2.26. The third kappa shape index (κ3) is 3.78. The van der Waals surface area contributed by atoms with E-state index < -0.39 is 0 Å². The van der Waals surface area contributed by atoms with Crippen LogP contribution in [0, 0.1) is 13.8 Å². The topological polar surface area (TPSA) is 76.8 Å². The van der Waals surface area contributed by atoms with Gasteiger partial charge in [-0.3, -0.25) is 4.79 Å². The van der Waals surface area contributed by atoms with Gasteiger partial charge in [-0.15, -0.1) is 10.2 Å². The Morgan fingerprint density at radius 1 is 1.11 bits per heavy atom. The van der Waals surface area contributed by atoms with Crippen LogP contribution in [0.15, 0.2) is 45.2 Å². The first-order chi connectivity index (χ1) is 13.1. The summed E-state index contributed by atoms with van der Waals surface area (Å²) in [5.74, 6) is 2.81. The van der Waals surface area contributed by atoms with E-state index in [1.165, 1.54) is 4.90 Å². The highest BCUT2D eigenvalue weighted by molar-refractivity contribution is 5.94. The first-order valence-electron chi connectivity index (χ1n) is 9.18. The van der Waals surface area contributed by atoms with Crippen molar-refractivity contribution in [2.24, 2.45) is 0 Å². The van der Waals surface area contributed by atoms with E-state index in [0.717, 1.165) is 48.8 Å². The molecule has 4 rings (SSSR count). The molecule has 1 aliphatic rings. The first-order valence-corrected chi connectivity index (χ1v) is 9.18. The summed E-state index contributed by atoms with van der Waals surface area (Å²) in [5, 5.41) is 8.33. The van der Waals surface area contributed by atoms with Gasteiger partial charge in [-0.1, -0.05) is 18.2 Å². The first kappa shape index (κ1) is 17.5. The van der Waals surface area contributed by atoms with Gasteiger partial charge in [0.25, 0.3) is 17.7 Å². The lowest BCUT2D eigenvalue weighted by Crippen LogP contribution is -3.13. The number of benzene rings is 1. The van der Waals surface area contributed by atoms with Crippen LogP contribution in [0.1, 0.15) is 27.8 Å². The zero-order valence-corrected chi connectivity index (χ0v) is 15.6. The molecule has 7 nitrogen and oxygen atoms in total. The lowest BCUT2D eigenvalue weighted by atomic mass is 10.2. The molecule has 2 aromatic heterocycles. The molecule has 3 heterocycles. The third-order valence-electron chi connectivity index (χ3n) is 4.92. The van der Waals surface area contributed by atoms with Crippen molar-refractivity contribution in [3.8, 4) is 11.5 Å². The molecule has 3 aromatic rings. The number of amides is 1. The summed E-state index contributed by atoms with van der Waals surface area (Å²) in [5.41, 5.74) is 1.59. The normalized spacial score (nSPS) is 15.3. The van der Waals surface area contributed by atoms with Crippen molar-refractivity contribution >= 4 is 5.91 Å². The van der Waals surface area contributed by atoms with Gasteiger partial charge in [0.15, 0.2) is 6.54 Å². The molecule has 0 unspecified atom stereocenters. The lowest BCUT2D eigenvalue weighted by molar-refractivity contribution is -0.918. The summed E-state index contributed by atoms with van der Waals surface area (Å²) in [6.07, 6.45) is 0. The molecule has 0 spiro atoms. The van der Waals surface area contributed by atoms with E-state index in [2.05, 4.69) is 10.2 Å². The van der Waals surface area contributed by atoms with E-state index in [1.807, 2.05) is 55.1 Å². The number of rotatable bonds is 4. The molecular weight excluding hydrogens is 344 g/mol. The van der Waals surface area contributed by atoms with E-state index >= 15 is 0 Å². The summed E-state index contributed by atoms with van der Waals surface area (Å²) in [6.45, 7) is 7.62. The van der Waals surface area contributed by atoms with Gasteiger partial charge in [-0.25, -0.2) is 0 Å². The third-order valence-corrected chi connectivity index (χ3v) is 4.92. The fourth-order valence-corrected chi connectivity index (χ4v) is 3.46. The predicted octanol–water partition coefficient (Wildman–Crippen LogP) is 1.49. The average Bonchev–Trinajstić information content (AvgIpc) is 3.28. The molecule has 140 valence electrons. The SMILES string of the molecule is Cc1cc(-c2nnc(C[NH+]3CCN(C(=O)c4ccccc4)CC3)o2)c(C)o1. The van der Waals surface area contributed by atoms with Crippen molar-refractivity contribution in [3.05, 3.63) is 59.4 Å². The van der Waals surface area contributed by atoms with Crippen molar-refractivity contribution in [1.82, 2.24) is 15.1 Å². The lowest BCUT2D eigenvalue weighted by Gasteiger charge is -2.31. The zero-order valence-electron chi connectivity index (χ0n) is 15.6. The number of nitrogens with zero attached hydrogens (tertiary/aromatic N) is 3. The van der Waals surface area contributed by atoms with Gasteiger partial charge >= 0.3 is 0 Å². The van der Waals surface area contributed by atoms with E-state index in [0.29, 0.717) is 18.3 Å². The number of hydrogen-bond donors (Lipinski definition) is 1. The minimum absolute atomic E-state index is 0.0977. The van der Waals surface area contributed by atoms with Gasteiger partial charge in [0.1, 0.15) is 11.5 Å². The molecule has 0 aliphatic carbocycles. The number of furan rings is 1. The number of aryl methyl sites for hydroxylation is 2. The van der Waals surface area contributed by atoms with E-state index in [1.54, 1.807) is 0 Å². The highest BCUT2D eigenvalue weighted by atomic mass is 16.4. The molecule has 27 heavy (non-hydrogen) atoms. The van der Waals surface area contributed by atoms with E-state index in [9.17, 15) is 4.79 Å². The van der Waals surface area contributed by atoms with Crippen LogP contribution in [-0.2, 0) is 6.54 Å². The Labute approximate surface area is 157 Å². The molecule has 1 N–H and O–H groups in total. The van der Waals surface area contributed by atoms with Gasteiger partial charge in [-0.05, 0) is 32.0 Å². The number of hydrogen-bond acceptors (Lipinski definition) is 5. The predicted molar refractivity (Wildman–Crippen MR) is 98.2 cm³/mol. The summed E-state index contributed by atoms with van der Waals surface area (Å²) in [6, 6.07) is 11.3. The molecule has 1 saturated heterocycles. The maximum absolute atomic E-state index is 12.5. The molecule has 7 heteroatoms. The molecule has 1 aliphatic heterocycles. The van der Waals surface area contributed by atoms with Crippen LogP contribution in [0.2, 0.25) is 0 Å². The van der Waals surface area contributed by atoms with Crippen LogP contribution < -0.4 is 4.90 Å². The maximum Gasteiger partial charge on any atom is 0.271 e. The summed E-state index contributed by atoms with van der Waals surface area (Å²) < 4.78 is 11.4. The molecular formula is C20H23N4O3+. The second-order valence-corrected chi connectivity index (χ2v) is 6.91. The molecule has 0 saturated carbocycles. The van der Waals surface area contributed by atoms with Gasteiger partial charge in [0.05, 0.1) is 31.7 Å². The number of aromatic nitrogens is 2. The Bertz CT molecular complexity index is 924. The molecule has 0 atom stereocenters. The van der Waals surface area contributed by atoms with Gasteiger partial charge in [0, 0.05) is 5.56 Å². The minimum atomic E-state index is 0.0977. The maximum atomic E-state index is 12.5. The van der Waals surface area contributed by atoms with Gasteiger partial charge in [0.2, 0.25) is 0 Å². The van der Waals surface area contributed by atoms with E-state index in [4.69, 9.17) is 8.83 Å². The van der Waals surface area contributed by atoms with Crippen molar-refractivity contribution in [2.45, 2.75) is 20.4 Å². The average molecular weight is 367 g/mol. The second kappa shape index (κ2) is 7.36. The van der Waals surface area contributed by atoms with Crippen LogP contribution in [0.25, 0.3) is 11.5 Å². The van der Waals surface area contributed by atoms with Crippen molar-refractivity contribution < 1.29 is 18.5 Å². The van der Waals surface area contributed by atoms with Crippen LogP contribution in [0.3, 0.4) is 0 Å². The van der Waals surface area contributed by atoms with Crippen LogP contribution in [0.4, 0.5) is 0 Å². The van der Waals surface area contributed by atoms with Crippen LogP contribution in [-0.4, -0.2) is 47.2 Å². The standard InChI is InChI=1S/C20H22N4O3/c1-14-12-17(15(2)26-14)19-22-21-18(27-19)13-23-8-10-24(11-9-23)20(25)16-6-4-3-5-7-16/h3-7,12H,8-11,13H2,1-2H3/p+1. The molecule has 1 amide bonds. The smallest absolute Gasteiger partial charge is 0.271 e. The second-order valence-electron chi connectivity index (χ2n) is 6.91. The molecule has 0 bridgehead atoms. The minimum Gasteiger partial charge on any atom is -0.466 e. The Morgan fingerprint density at radius 3 is 2.52 bits per heavy atom. The van der Waals surface area contributed by atoms with Crippen molar-refractivity contribution in [1.29, 1.82) is 0 Å². The highest BCUT2D eigenvalue weighted by Crippen LogP contribution is 2.25. The number of carbonyl (C=O) groups is 1. The summed E-state index contributed by atoms with van der Waals surface area (Å²) in [7, 11) is 0. The van der Waals surface area contributed by atoms with Crippen LogP contribution in [0.5, 0.6) is 0 Å². The quantitative estimate of drug-likeness (QED) is 0.756. The molecule has 1 fully saturated rings. The Balaban J connectivity index is 1.35. The summed E-state index contributed by atoms with van der Waals surface area (Å²) in [4.78, 5) is 15.8. The zero-order chi connectivity index (χ0) is 18.8. The number of carbonyl (C=O) groups excluding carboxylic acids is 1. The van der Waals surface area contributed by atoms with Gasteiger partial charge < -0.3 is 18.6 Å². The van der Waals surface area contributed by atoms with Crippen molar-refractivity contribution in [2.75, 3.05) is 26.2 Å². The number of nitrogens with one attached hydrogen (secondary N) is 1. The Morgan fingerprint density at radius 2 is 1.85 bits per heavy atom. The number of piperazine rings is 1. The summed E-state index contributed by atoms with van der Waals surface area (Å²) >= 11 is 0. The monoisotopic (exact) mass is 367 g/mol. The van der Waals surface area contributed by atoms with E-state index in [-0.39, 0.29) is 5.91 Å². The molecule has 0 radical (unpaired) electrons. The fourth-order valence-electron chi connectivity index (χ4n) is 3.46.